The van der Waals surface area contributed by atoms with E-state index >= 15 is 0 Å². The van der Waals surface area contributed by atoms with E-state index in [4.69, 9.17) is 0 Å². The first-order chi connectivity index (χ1) is 8.95. The summed E-state index contributed by atoms with van der Waals surface area (Å²) in [5.41, 5.74) is 0.549. The van der Waals surface area contributed by atoms with Crippen molar-refractivity contribution in [3.05, 3.63) is 18.3 Å². The average Bonchev–Trinajstić information content (AvgIpc) is 2.37. The summed E-state index contributed by atoms with van der Waals surface area (Å²) in [6.45, 7) is 5.34. The van der Waals surface area contributed by atoms with Gasteiger partial charge in [0.25, 0.3) is 10.0 Å². The van der Waals surface area contributed by atoms with Crippen LogP contribution in [0.2, 0.25) is 0 Å². The molecular formula is C13H21N3O2S. The second-order valence-electron chi connectivity index (χ2n) is 5.37. The minimum Gasteiger partial charge on any atom is -0.386 e. The predicted octanol–water partition coefficient (Wildman–Crippen LogP) is 1.79. The van der Waals surface area contributed by atoms with E-state index in [9.17, 15) is 8.42 Å². The molecule has 2 heterocycles. The zero-order valence-electron chi connectivity index (χ0n) is 11.6. The number of hydrogen-bond acceptors (Lipinski definition) is 4. The molecule has 5 nitrogen and oxygen atoms in total. The first kappa shape index (κ1) is 14.3. The summed E-state index contributed by atoms with van der Waals surface area (Å²) < 4.78 is 26.9. The summed E-state index contributed by atoms with van der Waals surface area (Å²) in [5.74, 6) is 0.778. The van der Waals surface area contributed by atoms with Crippen molar-refractivity contribution in [1.82, 2.24) is 9.29 Å². The van der Waals surface area contributed by atoms with E-state index in [1.54, 1.807) is 23.5 Å². The Morgan fingerprint density at radius 3 is 2.53 bits per heavy atom. The molecule has 1 aliphatic heterocycles. The van der Waals surface area contributed by atoms with Gasteiger partial charge in [-0.2, -0.15) is 4.31 Å². The van der Waals surface area contributed by atoms with Crippen LogP contribution in [0.25, 0.3) is 0 Å². The number of anilines is 1. The lowest BCUT2D eigenvalue weighted by atomic mass is 9.94. The molecule has 0 amide bonds. The van der Waals surface area contributed by atoms with Crippen LogP contribution in [0.3, 0.4) is 0 Å². The van der Waals surface area contributed by atoms with Crippen LogP contribution in [0.4, 0.5) is 5.69 Å². The summed E-state index contributed by atoms with van der Waals surface area (Å²) >= 11 is 0. The van der Waals surface area contributed by atoms with Crippen molar-refractivity contribution in [2.75, 3.05) is 25.5 Å². The molecule has 2 atom stereocenters. The van der Waals surface area contributed by atoms with Crippen LogP contribution in [-0.4, -0.2) is 37.8 Å². The molecule has 2 rings (SSSR count). The maximum atomic E-state index is 12.7. The van der Waals surface area contributed by atoms with Crippen molar-refractivity contribution in [3.8, 4) is 0 Å². The van der Waals surface area contributed by atoms with Crippen molar-refractivity contribution in [1.29, 1.82) is 0 Å². The Kier molecular flexibility index (Phi) is 4.10. The first-order valence-electron chi connectivity index (χ1n) is 6.58. The highest BCUT2D eigenvalue weighted by Gasteiger charge is 2.33. The van der Waals surface area contributed by atoms with Gasteiger partial charge in [-0.15, -0.1) is 0 Å². The zero-order valence-corrected chi connectivity index (χ0v) is 12.4. The van der Waals surface area contributed by atoms with Crippen LogP contribution in [0.1, 0.15) is 20.3 Å². The van der Waals surface area contributed by atoms with Crippen molar-refractivity contribution in [2.24, 2.45) is 11.8 Å². The molecule has 1 aromatic heterocycles. The molecule has 1 N–H and O–H groups in total. The molecule has 0 bridgehead atoms. The molecule has 0 spiro atoms. The van der Waals surface area contributed by atoms with Gasteiger partial charge in [0.05, 0.1) is 5.69 Å². The molecule has 0 aromatic carbocycles. The third-order valence-corrected chi connectivity index (χ3v) is 5.25. The fourth-order valence-electron chi connectivity index (χ4n) is 2.71. The molecule has 0 aliphatic carbocycles. The Labute approximate surface area is 115 Å². The van der Waals surface area contributed by atoms with Gasteiger partial charge in [0.15, 0.2) is 5.03 Å². The van der Waals surface area contributed by atoms with Crippen LogP contribution in [0, 0.1) is 11.8 Å². The Hall–Kier alpha value is -1.14. The normalized spacial score (nSPS) is 25.2. The van der Waals surface area contributed by atoms with Gasteiger partial charge in [0, 0.05) is 26.3 Å². The first-order valence-corrected chi connectivity index (χ1v) is 8.02. The van der Waals surface area contributed by atoms with E-state index in [0.29, 0.717) is 30.6 Å². The summed E-state index contributed by atoms with van der Waals surface area (Å²) in [6.07, 6.45) is 2.59. The molecule has 1 aliphatic rings. The molecule has 1 aromatic rings. The summed E-state index contributed by atoms with van der Waals surface area (Å²) in [7, 11) is -1.81. The number of hydrogen-bond donors (Lipinski definition) is 1. The number of aromatic nitrogens is 1. The quantitative estimate of drug-likeness (QED) is 0.918. The second kappa shape index (κ2) is 5.46. The lowest BCUT2D eigenvalue weighted by Crippen LogP contribution is -2.42. The number of rotatable bonds is 3. The van der Waals surface area contributed by atoms with E-state index in [1.807, 2.05) is 0 Å². The number of sulfonamides is 1. The van der Waals surface area contributed by atoms with Crippen LogP contribution in [-0.2, 0) is 10.0 Å². The molecule has 2 unspecified atom stereocenters. The molecule has 0 radical (unpaired) electrons. The number of nitrogens with one attached hydrogen (secondary N) is 1. The third-order valence-electron chi connectivity index (χ3n) is 3.46. The van der Waals surface area contributed by atoms with E-state index in [0.717, 1.165) is 6.42 Å². The van der Waals surface area contributed by atoms with Crippen LogP contribution in [0.5, 0.6) is 0 Å². The molecular weight excluding hydrogens is 262 g/mol. The largest absolute Gasteiger partial charge is 0.386 e. The SMILES string of the molecule is CNc1cccnc1S(=O)(=O)N1CC(C)CC(C)C1. The van der Waals surface area contributed by atoms with Crippen LogP contribution >= 0.6 is 0 Å². The van der Waals surface area contributed by atoms with Crippen molar-refractivity contribution >= 4 is 15.7 Å². The summed E-state index contributed by atoms with van der Waals surface area (Å²) in [6, 6.07) is 3.46. The van der Waals surface area contributed by atoms with Gasteiger partial charge >= 0.3 is 0 Å². The number of pyridine rings is 1. The highest BCUT2D eigenvalue weighted by atomic mass is 32.2. The lowest BCUT2D eigenvalue weighted by Gasteiger charge is -2.34. The van der Waals surface area contributed by atoms with Gasteiger partial charge in [0.2, 0.25) is 0 Å². The second-order valence-corrected chi connectivity index (χ2v) is 7.23. The third kappa shape index (κ3) is 2.90. The monoisotopic (exact) mass is 283 g/mol. The maximum absolute atomic E-state index is 12.7. The highest BCUT2D eigenvalue weighted by molar-refractivity contribution is 7.89. The van der Waals surface area contributed by atoms with Gasteiger partial charge in [-0.1, -0.05) is 13.8 Å². The van der Waals surface area contributed by atoms with E-state index in [-0.39, 0.29) is 5.03 Å². The maximum Gasteiger partial charge on any atom is 0.262 e. The van der Waals surface area contributed by atoms with E-state index in [2.05, 4.69) is 24.1 Å². The molecule has 106 valence electrons. The molecule has 19 heavy (non-hydrogen) atoms. The predicted molar refractivity (Wildman–Crippen MR) is 75.5 cm³/mol. The fourth-order valence-corrected chi connectivity index (χ4v) is 4.50. The zero-order chi connectivity index (χ0) is 14.0. The molecule has 6 heteroatoms. The van der Waals surface area contributed by atoms with Crippen molar-refractivity contribution in [2.45, 2.75) is 25.3 Å². The lowest BCUT2D eigenvalue weighted by molar-refractivity contribution is 0.222. The Morgan fingerprint density at radius 1 is 1.32 bits per heavy atom. The van der Waals surface area contributed by atoms with Crippen molar-refractivity contribution < 1.29 is 8.42 Å². The average molecular weight is 283 g/mol. The number of piperidine rings is 1. The van der Waals surface area contributed by atoms with Gasteiger partial charge in [0.1, 0.15) is 0 Å². The minimum absolute atomic E-state index is 0.124. The summed E-state index contributed by atoms with van der Waals surface area (Å²) in [5, 5.41) is 3.02. The standard InChI is InChI=1S/C13H21N3O2S/c1-10-7-11(2)9-16(8-10)19(17,18)13-12(14-3)5-4-6-15-13/h4-6,10-11,14H,7-9H2,1-3H3. The molecule has 1 fully saturated rings. The van der Waals surface area contributed by atoms with Gasteiger partial charge in [-0.3, -0.25) is 0 Å². The topological polar surface area (TPSA) is 62.3 Å². The smallest absolute Gasteiger partial charge is 0.262 e. The van der Waals surface area contributed by atoms with Gasteiger partial charge < -0.3 is 5.32 Å². The summed E-state index contributed by atoms with van der Waals surface area (Å²) in [4.78, 5) is 4.05. The molecule has 0 saturated carbocycles. The van der Waals surface area contributed by atoms with Crippen LogP contribution in [0.15, 0.2) is 23.4 Å². The Balaban J connectivity index is 2.36. The van der Waals surface area contributed by atoms with Crippen LogP contribution < -0.4 is 5.32 Å². The minimum atomic E-state index is -3.51. The number of nitrogens with zero attached hydrogens (tertiary/aromatic N) is 2. The molecule has 1 saturated heterocycles. The van der Waals surface area contributed by atoms with Crippen molar-refractivity contribution in [3.63, 3.8) is 0 Å². The highest BCUT2D eigenvalue weighted by Crippen LogP contribution is 2.28. The fraction of sp³-hybridized carbons (Fsp3) is 0.615. The van der Waals surface area contributed by atoms with E-state index < -0.39 is 10.0 Å². The Bertz CT molecular complexity index is 535. The van der Waals surface area contributed by atoms with E-state index in [1.165, 1.54) is 6.20 Å². The Morgan fingerprint density at radius 2 is 1.95 bits per heavy atom. The van der Waals surface area contributed by atoms with Gasteiger partial charge in [-0.25, -0.2) is 13.4 Å². The van der Waals surface area contributed by atoms with Gasteiger partial charge in [-0.05, 0) is 30.4 Å².